The van der Waals surface area contributed by atoms with E-state index in [4.69, 9.17) is 4.74 Å². The van der Waals surface area contributed by atoms with Gasteiger partial charge in [-0.25, -0.2) is 14.5 Å². The number of aromatic nitrogens is 3. The number of hydrogen-bond donors (Lipinski definition) is 0. The fourth-order valence-corrected chi connectivity index (χ4v) is 5.64. The maximum atomic E-state index is 14.0. The van der Waals surface area contributed by atoms with Crippen LogP contribution in [0.25, 0.3) is 11.3 Å². The number of anilines is 1. The Morgan fingerprint density at radius 2 is 1.97 bits per heavy atom. The summed E-state index contributed by atoms with van der Waals surface area (Å²) in [5.41, 5.74) is 1.09. The molecule has 0 radical (unpaired) electrons. The zero-order valence-corrected chi connectivity index (χ0v) is 19.2. The van der Waals surface area contributed by atoms with Crippen molar-refractivity contribution in [2.75, 3.05) is 50.8 Å². The first-order chi connectivity index (χ1) is 16.4. The summed E-state index contributed by atoms with van der Waals surface area (Å²) >= 11 is 0. The Balaban J connectivity index is 1.21. The number of nitrogens with zero attached hydrogens (tertiary/aromatic N) is 6. The molecule has 1 spiro atoms. The molecule has 2 saturated heterocycles. The van der Waals surface area contributed by atoms with E-state index in [0.29, 0.717) is 47.5 Å². The van der Waals surface area contributed by atoms with Crippen LogP contribution in [0.4, 0.5) is 23.8 Å². The summed E-state index contributed by atoms with van der Waals surface area (Å²) in [7, 11) is 0. The van der Waals surface area contributed by atoms with Gasteiger partial charge < -0.3 is 14.5 Å². The molecule has 2 aromatic heterocycles. The van der Waals surface area contributed by atoms with Gasteiger partial charge in [0.15, 0.2) is 0 Å². The van der Waals surface area contributed by atoms with Gasteiger partial charge in [-0.15, -0.1) is 0 Å². The summed E-state index contributed by atoms with van der Waals surface area (Å²) in [5.74, 6) is -0.172. The van der Waals surface area contributed by atoms with Crippen molar-refractivity contribution >= 4 is 11.9 Å². The SMILES string of the molecule is CCOC(=O)N1CC2(CC[C@@H](N3CCN(c4nc(F)ccc4-c4ccn(C(F)F)n4)CC3)C2)C1. The standard InChI is InChI=1S/C23H29F3N6O2/c1-2-34-22(33)31-14-23(15-31)7-5-16(13-23)29-9-11-30(12-10-29)20-17(3-4-19(24)27-20)18-6-8-32(28-18)21(25)26/h3-4,6,8,16,21H,2,5,7,9-15H2,1H3/t16-/m1/s1. The Kier molecular flexibility index (Phi) is 6.13. The summed E-state index contributed by atoms with van der Waals surface area (Å²) < 4.78 is 45.6. The zero-order chi connectivity index (χ0) is 23.9. The average Bonchev–Trinajstić information content (AvgIpc) is 3.47. The van der Waals surface area contributed by atoms with Crippen LogP contribution in [0.5, 0.6) is 0 Å². The monoisotopic (exact) mass is 478 g/mol. The van der Waals surface area contributed by atoms with Crippen LogP contribution < -0.4 is 4.90 Å². The summed E-state index contributed by atoms with van der Waals surface area (Å²) in [4.78, 5) is 22.3. The molecular formula is C23H29F3N6O2. The van der Waals surface area contributed by atoms with E-state index in [1.165, 1.54) is 18.3 Å². The first-order valence-electron chi connectivity index (χ1n) is 11.8. The van der Waals surface area contributed by atoms with Gasteiger partial charge in [0.2, 0.25) is 5.95 Å². The Labute approximate surface area is 196 Å². The highest BCUT2D eigenvalue weighted by Crippen LogP contribution is 2.47. The van der Waals surface area contributed by atoms with E-state index in [2.05, 4.69) is 15.0 Å². The highest BCUT2D eigenvalue weighted by molar-refractivity contribution is 5.73. The number of rotatable bonds is 5. The van der Waals surface area contributed by atoms with Crippen molar-refractivity contribution in [3.63, 3.8) is 0 Å². The number of carbonyl (C=O) groups is 1. The molecule has 0 bridgehead atoms. The van der Waals surface area contributed by atoms with E-state index in [1.807, 2.05) is 11.8 Å². The van der Waals surface area contributed by atoms with Crippen LogP contribution in [0.3, 0.4) is 0 Å². The van der Waals surface area contributed by atoms with Crippen LogP contribution in [-0.4, -0.2) is 82.6 Å². The fourth-order valence-electron chi connectivity index (χ4n) is 5.64. The van der Waals surface area contributed by atoms with Crippen molar-refractivity contribution in [1.29, 1.82) is 0 Å². The molecule has 8 nitrogen and oxygen atoms in total. The second-order valence-electron chi connectivity index (χ2n) is 9.44. The minimum absolute atomic E-state index is 0.204. The lowest BCUT2D eigenvalue weighted by molar-refractivity contribution is -0.00294. The molecule has 34 heavy (non-hydrogen) atoms. The van der Waals surface area contributed by atoms with Crippen LogP contribution >= 0.6 is 0 Å². The van der Waals surface area contributed by atoms with Gasteiger partial charge in [0, 0.05) is 62.5 Å². The first kappa shape index (κ1) is 22.9. The van der Waals surface area contributed by atoms with Crippen molar-refractivity contribution in [2.24, 2.45) is 5.41 Å². The normalized spacial score (nSPS) is 22.4. The number of likely N-dealkylation sites (tertiary alicyclic amines) is 1. The molecule has 4 heterocycles. The van der Waals surface area contributed by atoms with Crippen molar-refractivity contribution < 1.29 is 22.7 Å². The molecule has 184 valence electrons. The highest BCUT2D eigenvalue weighted by atomic mass is 19.3. The maximum absolute atomic E-state index is 14.0. The van der Waals surface area contributed by atoms with Crippen LogP contribution in [0, 0.1) is 11.4 Å². The molecule has 1 saturated carbocycles. The number of amides is 1. The summed E-state index contributed by atoms with van der Waals surface area (Å²) in [6.07, 6.45) is 4.27. The third-order valence-corrected chi connectivity index (χ3v) is 7.31. The quantitative estimate of drug-likeness (QED) is 0.612. The number of carbonyl (C=O) groups excluding carboxylic acids is 1. The lowest BCUT2D eigenvalue weighted by Gasteiger charge is -2.48. The minimum atomic E-state index is -2.73. The number of halogens is 3. The molecule has 1 atom stereocenters. The van der Waals surface area contributed by atoms with Crippen molar-refractivity contribution in [3.8, 4) is 11.3 Å². The van der Waals surface area contributed by atoms with E-state index in [0.717, 1.165) is 45.4 Å². The number of pyridine rings is 1. The Morgan fingerprint density at radius 1 is 1.21 bits per heavy atom. The van der Waals surface area contributed by atoms with Gasteiger partial charge in [-0.3, -0.25) is 4.90 Å². The predicted octanol–water partition coefficient (Wildman–Crippen LogP) is 3.61. The van der Waals surface area contributed by atoms with Crippen LogP contribution in [0.15, 0.2) is 24.4 Å². The van der Waals surface area contributed by atoms with Crippen LogP contribution in [-0.2, 0) is 4.74 Å². The molecule has 1 amide bonds. The summed E-state index contributed by atoms with van der Waals surface area (Å²) in [6.45, 7) is 3.96. The second kappa shape index (κ2) is 9.09. The van der Waals surface area contributed by atoms with Gasteiger partial charge in [0.1, 0.15) is 5.82 Å². The Hall–Kier alpha value is -2.82. The van der Waals surface area contributed by atoms with Crippen LogP contribution in [0.2, 0.25) is 0 Å². The van der Waals surface area contributed by atoms with Gasteiger partial charge >= 0.3 is 12.6 Å². The molecule has 11 heteroatoms. The average molecular weight is 479 g/mol. The fraction of sp³-hybridized carbons (Fsp3) is 0.609. The third kappa shape index (κ3) is 4.33. The lowest BCUT2D eigenvalue weighted by atomic mass is 9.78. The Morgan fingerprint density at radius 3 is 2.65 bits per heavy atom. The number of piperazine rings is 1. The highest BCUT2D eigenvalue weighted by Gasteiger charge is 2.51. The summed E-state index contributed by atoms with van der Waals surface area (Å²) in [5, 5.41) is 3.94. The van der Waals surface area contributed by atoms with Crippen molar-refractivity contribution in [3.05, 3.63) is 30.3 Å². The number of ether oxygens (including phenoxy) is 1. The zero-order valence-electron chi connectivity index (χ0n) is 19.2. The maximum Gasteiger partial charge on any atom is 0.409 e. The Bertz CT molecular complexity index is 1030. The molecule has 5 rings (SSSR count). The molecule has 2 aliphatic heterocycles. The molecule has 0 N–H and O–H groups in total. The minimum Gasteiger partial charge on any atom is -0.450 e. The largest absolute Gasteiger partial charge is 0.450 e. The van der Waals surface area contributed by atoms with Crippen molar-refractivity contribution in [2.45, 2.75) is 38.8 Å². The molecular weight excluding hydrogens is 449 g/mol. The predicted molar refractivity (Wildman–Crippen MR) is 119 cm³/mol. The molecule has 0 unspecified atom stereocenters. The summed E-state index contributed by atoms with van der Waals surface area (Å²) in [6, 6.07) is 4.74. The van der Waals surface area contributed by atoms with E-state index in [9.17, 15) is 18.0 Å². The molecule has 1 aliphatic carbocycles. The van der Waals surface area contributed by atoms with E-state index in [1.54, 1.807) is 11.0 Å². The van der Waals surface area contributed by atoms with Gasteiger partial charge in [-0.05, 0) is 44.4 Å². The smallest absolute Gasteiger partial charge is 0.409 e. The molecule has 3 fully saturated rings. The van der Waals surface area contributed by atoms with Crippen LogP contribution in [0.1, 0.15) is 32.7 Å². The topological polar surface area (TPSA) is 66.7 Å². The van der Waals surface area contributed by atoms with E-state index < -0.39 is 12.5 Å². The third-order valence-electron chi connectivity index (χ3n) is 7.31. The molecule has 2 aromatic rings. The van der Waals surface area contributed by atoms with Gasteiger partial charge in [-0.2, -0.15) is 18.3 Å². The molecule has 3 aliphatic rings. The van der Waals surface area contributed by atoms with Gasteiger partial charge in [0.05, 0.1) is 12.3 Å². The van der Waals surface area contributed by atoms with Gasteiger partial charge in [0.25, 0.3) is 0 Å². The van der Waals surface area contributed by atoms with Gasteiger partial charge in [-0.1, -0.05) is 0 Å². The lowest BCUT2D eigenvalue weighted by Crippen LogP contribution is -2.58. The van der Waals surface area contributed by atoms with Crippen molar-refractivity contribution in [1.82, 2.24) is 24.6 Å². The first-order valence-corrected chi connectivity index (χ1v) is 11.8. The number of hydrogen-bond acceptors (Lipinski definition) is 6. The molecule has 0 aromatic carbocycles. The van der Waals surface area contributed by atoms with E-state index >= 15 is 0 Å². The van der Waals surface area contributed by atoms with E-state index in [-0.39, 0.29) is 11.5 Å². The second-order valence-corrected chi connectivity index (χ2v) is 9.44. The number of alkyl halides is 2.